The Morgan fingerprint density at radius 1 is 1.43 bits per heavy atom. The number of rotatable bonds is 4. The summed E-state index contributed by atoms with van der Waals surface area (Å²) in [4.78, 5) is 25.8. The van der Waals surface area contributed by atoms with Gasteiger partial charge in [0, 0.05) is 24.3 Å². The van der Waals surface area contributed by atoms with Gasteiger partial charge in [0.25, 0.3) is 0 Å². The minimum atomic E-state index is -0.410. The van der Waals surface area contributed by atoms with Gasteiger partial charge in [0.1, 0.15) is 5.82 Å². The number of aromatic amines is 1. The number of halogens is 1. The van der Waals surface area contributed by atoms with Crippen molar-refractivity contribution in [3.05, 3.63) is 47.5 Å². The van der Waals surface area contributed by atoms with Gasteiger partial charge in [-0.2, -0.15) is 5.10 Å². The van der Waals surface area contributed by atoms with Crippen molar-refractivity contribution in [3.63, 3.8) is 0 Å². The Bertz CT molecular complexity index is 726. The molecule has 2 aromatic rings. The summed E-state index contributed by atoms with van der Waals surface area (Å²) < 4.78 is 13.0. The van der Waals surface area contributed by atoms with Crippen LogP contribution in [-0.2, 0) is 16.1 Å². The van der Waals surface area contributed by atoms with Crippen LogP contribution in [0.3, 0.4) is 0 Å². The van der Waals surface area contributed by atoms with E-state index in [4.69, 9.17) is 0 Å². The van der Waals surface area contributed by atoms with E-state index in [0.29, 0.717) is 18.8 Å². The number of benzene rings is 1. The second-order valence-corrected chi connectivity index (χ2v) is 5.64. The van der Waals surface area contributed by atoms with E-state index in [1.165, 1.54) is 17.0 Å². The zero-order valence-corrected chi connectivity index (χ0v) is 12.7. The maximum Gasteiger partial charge on any atom is 0.227 e. The standard InChI is InChI=1S/C16H17FN4O2/c1-10-6-13(20-19-10)8-18-16(23)11-7-15(22)21(9-11)14-4-2-12(17)3-5-14/h2-6,11H,7-9H2,1H3,(H,18,23)(H,19,20). The number of H-pyrrole nitrogens is 1. The summed E-state index contributed by atoms with van der Waals surface area (Å²) in [7, 11) is 0. The number of aromatic nitrogens is 2. The van der Waals surface area contributed by atoms with Crippen LogP contribution in [0.5, 0.6) is 0 Å². The Labute approximate surface area is 132 Å². The predicted octanol–water partition coefficient (Wildman–Crippen LogP) is 1.53. The summed E-state index contributed by atoms with van der Waals surface area (Å²) in [5, 5.41) is 9.65. The lowest BCUT2D eigenvalue weighted by Gasteiger charge is -2.16. The third-order valence-electron chi connectivity index (χ3n) is 3.84. The number of aryl methyl sites for hydroxylation is 1. The van der Waals surface area contributed by atoms with E-state index in [1.807, 2.05) is 13.0 Å². The van der Waals surface area contributed by atoms with Gasteiger partial charge in [-0.05, 0) is 37.3 Å². The molecule has 0 radical (unpaired) electrons. The topological polar surface area (TPSA) is 78.1 Å². The fourth-order valence-electron chi connectivity index (χ4n) is 2.64. The molecule has 1 saturated heterocycles. The van der Waals surface area contributed by atoms with E-state index in [2.05, 4.69) is 15.5 Å². The molecule has 1 unspecified atom stereocenters. The van der Waals surface area contributed by atoms with Gasteiger partial charge in [0.15, 0.2) is 0 Å². The fraction of sp³-hybridized carbons (Fsp3) is 0.312. The highest BCUT2D eigenvalue weighted by Crippen LogP contribution is 2.25. The van der Waals surface area contributed by atoms with Crippen molar-refractivity contribution in [2.24, 2.45) is 5.92 Å². The molecule has 1 atom stereocenters. The monoisotopic (exact) mass is 316 g/mol. The molecule has 1 aromatic carbocycles. The average molecular weight is 316 g/mol. The molecule has 1 aromatic heterocycles. The number of hydrogen-bond donors (Lipinski definition) is 2. The maximum absolute atomic E-state index is 13.0. The van der Waals surface area contributed by atoms with Crippen LogP contribution < -0.4 is 10.2 Å². The van der Waals surface area contributed by atoms with Crippen molar-refractivity contribution in [2.45, 2.75) is 19.9 Å². The molecule has 2 N–H and O–H groups in total. The van der Waals surface area contributed by atoms with Crippen molar-refractivity contribution in [3.8, 4) is 0 Å². The molecule has 2 amide bonds. The number of amides is 2. The normalized spacial score (nSPS) is 17.6. The summed E-state index contributed by atoms with van der Waals surface area (Å²) in [6.07, 6.45) is 0.156. The fourth-order valence-corrected chi connectivity index (χ4v) is 2.64. The molecule has 1 aliphatic heterocycles. The Morgan fingerprint density at radius 3 is 2.83 bits per heavy atom. The lowest BCUT2D eigenvalue weighted by atomic mass is 10.1. The van der Waals surface area contributed by atoms with Gasteiger partial charge in [0.2, 0.25) is 11.8 Å². The molecule has 23 heavy (non-hydrogen) atoms. The van der Waals surface area contributed by atoms with Crippen LogP contribution in [0, 0.1) is 18.7 Å². The first-order valence-electron chi connectivity index (χ1n) is 7.37. The van der Waals surface area contributed by atoms with E-state index in [-0.39, 0.29) is 24.1 Å². The second-order valence-electron chi connectivity index (χ2n) is 5.64. The molecule has 0 aliphatic carbocycles. The third-order valence-corrected chi connectivity index (χ3v) is 3.84. The smallest absolute Gasteiger partial charge is 0.227 e. The van der Waals surface area contributed by atoms with Gasteiger partial charge in [-0.3, -0.25) is 14.7 Å². The number of carbonyl (C=O) groups excluding carboxylic acids is 2. The zero-order valence-electron chi connectivity index (χ0n) is 12.7. The van der Waals surface area contributed by atoms with Crippen molar-refractivity contribution in [1.29, 1.82) is 0 Å². The SMILES string of the molecule is Cc1cc(CNC(=O)C2CC(=O)N(c3ccc(F)cc3)C2)n[nH]1. The number of hydrogen-bond acceptors (Lipinski definition) is 3. The van der Waals surface area contributed by atoms with Gasteiger partial charge in [-0.1, -0.05) is 0 Å². The molecule has 0 spiro atoms. The molecule has 1 aliphatic rings. The van der Waals surface area contributed by atoms with E-state index >= 15 is 0 Å². The van der Waals surface area contributed by atoms with Crippen LogP contribution in [0.2, 0.25) is 0 Å². The summed E-state index contributed by atoms with van der Waals surface area (Å²) in [6, 6.07) is 7.54. The van der Waals surface area contributed by atoms with Crippen molar-refractivity contribution in [2.75, 3.05) is 11.4 Å². The molecule has 0 saturated carbocycles. The molecular formula is C16H17FN4O2. The Balaban J connectivity index is 1.60. The van der Waals surface area contributed by atoms with Crippen LogP contribution in [0.1, 0.15) is 17.8 Å². The summed E-state index contributed by atoms with van der Waals surface area (Å²) in [5.74, 6) is -1.08. The minimum Gasteiger partial charge on any atom is -0.350 e. The largest absolute Gasteiger partial charge is 0.350 e. The van der Waals surface area contributed by atoms with Crippen LogP contribution in [0.15, 0.2) is 30.3 Å². The zero-order chi connectivity index (χ0) is 16.4. The molecular weight excluding hydrogens is 299 g/mol. The average Bonchev–Trinajstić information content (AvgIpc) is 3.12. The third kappa shape index (κ3) is 3.39. The molecule has 3 rings (SSSR count). The summed E-state index contributed by atoms with van der Waals surface area (Å²) in [6.45, 7) is 2.51. The molecule has 0 bridgehead atoms. The first kappa shape index (κ1) is 15.2. The van der Waals surface area contributed by atoms with Crippen molar-refractivity contribution < 1.29 is 14.0 Å². The molecule has 7 heteroatoms. The number of nitrogens with zero attached hydrogens (tertiary/aromatic N) is 2. The maximum atomic E-state index is 13.0. The second kappa shape index (κ2) is 6.20. The van der Waals surface area contributed by atoms with Crippen LogP contribution in [0.4, 0.5) is 10.1 Å². The number of anilines is 1. The minimum absolute atomic E-state index is 0.132. The molecule has 1 fully saturated rings. The van der Waals surface area contributed by atoms with E-state index in [0.717, 1.165) is 11.4 Å². The highest BCUT2D eigenvalue weighted by atomic mass is 19.1. The Morgan fingerprint density at radius 2 is 2.17 bits per heavy atom. The van der Waals surface area contributed by atoms with Crippen molar-refractivity contribution >= 4 is 17.5 Å². The van der Waals surface area contributed by atoms with Gasteiger partial charge in [-0.25, -0.2) is 4.39 Å². The van der Waals surface area contributed by atoms with Gasteiger partial charge >= 0.3 is 0 Å². The first-order chi connectivity index (χ1) is 11.0. The van der Waals surface area contributed by atoms with E-state index < -0.39 is 5.92 Å². The highest BCUT2D eigenvalue weighted by molar-refractivity contribution is 6.00. The lowest BCUT2D eigenvalue weighted by molar-refractivity contribution is -0.126. The van der Waals surface area contributed by atoms with Gasteiger partial charge < -0.3 is 10.2 Å². The summed E-state index contributed by atoms with van der Waals surface area (Å²) in [5.41, 5.74) is 2.28. The molecule has 2 heterocycles. The predicted molar refractivity (Wildman–Crippen MR) is 82.0 cm³/mol. The van der Waals surface area contributed by atoms with E-state index in [1.54, 1.807) is 12.1 Å². The Kier molecular flexibility index (Phi) is 4.10. The Hall–Kier alpha value is -2.70. The van der Waals surface area contributed by atoms with Gasteiger partial charge in [0.05, 0.1) is 18.2 Å². The lowest BCUT2D eigenvalue weighted by Crippen LogP contribution is -2.32. The van der Waals surface area contributed by atoms with Crippen molar-refractivity contribution in [1.82, 2.24) is 15.5 Å². The van der Waals surface area contributed by atoms with E-state index in [9.17, 15) is 14.0 Å². The quantitative estimate of drug-likeness (QED) is 0.898. The van der Waals surface area contributed by atoms with Crippen LogP contribution in [-0.4, -0.2) is 28.6 Å². The van der Waals surface area contributed by atoms with Gasteiger partial charge in [-0.15, -0.1) is 0 Å². The highest BCUT2D eigenvalue weighted by Gasteiger charge is 2.35. The number of carbonyl (C=O) groups is 2. The molecule has 120 valence electrons. The first-order valence-corrected chi connectivity index (χ1v) is 7.37. The summed E-state index contributed by atoms with van der Waals surface area (Å²) >= 11 is 0. The molecule has 6 nitrogen and oxygen atoms in total. The van der Waals surface area contributed by atoms with Crippen LogP contribution in [0.25, 0.3) is 0 Å². The number of nitrogens with one attached hydrogen (secondary N) is 2. The van der Waals surface area contributed by atoms with Crippen LogP contribution >= 0.6 is 0 Å².